The molecule has 0 amide bonds. The van der Waals surface area contributed by atoms with E-state index in [0.717, 1.165) is 10.0 Å². The SMILES string of the molecule is C=c1[nH]/c(=C\c2ccc(Br)cc2)c(=O)o1. The number of oxazole rings is 1. The summed E-state index contributed by atoms with van der Waals surface area (Å²) in [6, 6.07) is 7.60. The molecule has 1 N–H and O–H groups in total. The summed E-state index contributed by atoms with van der Waals surface area (Å²) in [6.45, 7) is 3.51. The van der Waals surface area contributed by atoms with E-state index in [2.05, 4.69) is 27.5 Å². The molecule has 4 heteroatoms. The molecule has 1 aromatic heterocycles. The Labute approximate surface area is 93.9 Å². The minimum Gasteiger partial charge on any atom is -0.405 e. The second kappa shape index (κ2) is 3.90. The van der Waals surface area contributed by atoms with Gasteiger partial charge in [0.25, 0.3) is 0 Å². The van der Waals surface area contributed by atoms with Gasteiger partial charge in [-0.2, -0.15) is 0 Å². The second-order valence-corrected chi connectivity index (χ2v) is 3.96. The lowest BCUT2D eigenvalue weighted by Crippen LogP contribution is -2.20. The number of halogens is 1. The van der Waals surface area contributed by atoms with E-state index in [1.54, 1.807) is 6.08 Å². The van der Waals surface area contributed by atoms with Crippen molar-refractivity contribution < 1.29 is 4.42 Å². The third-order valence-electron chi connectivity index (χ3n) is 1.89. The summed E-state index contributed by atoms with van der Waals surface area (Å²) < 4.78 is 5.74. The van der Waals surface area contributed by atoms with Crippen molar-refractivity contribution in [2.45, 2.75) is 0 Å². The van der Waals surface area contributed by atoms with Crippen molar-refractivity contribution in [3.63, 3.8) is 0 Å². The standard InChI is InChI=1S/C11H8BrNO2/c1-7-13-10(11(14)15-7)6-8-2-4-9(12)5-3-8/h2-6,13H,1H2/b10-6-. The average Bonchev–Trinajstić information content (AvgIpc) is 2.49. The number of hydrogen-bond acceptors (Lipinski definition) is 2. The fourth-order valence-corrected chi connectivity index (χ4v) is 1.48. The van der Waals surface area contributed by atoms with Crippen LogP contribution in [0.5, 0.6) is 0 Å². The van der Waals surface area contributed by atoms with Crippen LogP contribution in [0.15, 0.2) is 37.9 Å². The predicted octanol–water partition coefficient (Wildman–Crippen LogP) is 0.970. The summed E-state index contributed by atoms with van der Waals surface area (Å²) in [5.74, 6) is 0. The van der Waals surface area contributed by atoms with Gasteiger partial charge in [0.2, 0.25) is 0 Å². The van der Waals surface area contributed by atoms with Gasteiger partial charge in [0, 0.05) is 4.47 Å². The van der Waals surface area contributed by atoms with Crippen molar-refractivity contribution in [2.75, 3.05) is 0 Å². The summed E-state index contributed by atoms with van der Waals surface area (Å²) in [7, 11) is 0. The summed E-state index contributed by atoms with van der Waals surface area (Å²) in [5, 5.41) is 0.405. The number of aromatic nitrogens is 1. The van der Waals surface area contributed by atoms with Gasteiger partial charge in [0.1, 0.15) is 5.35 Å². The summed E-state index contributed by atoms with van der Waals surface area (Å²) in [4.78, 5) is 14.0. The predicted molar refractivity (Wildman–Crippen MR) is 61.8 cm³/mol. The molecule has 0 aliphatic heterocycles. The molecular weight excluding hydrogens is 258 g/mol. The van der Waals surface area contributed by atoms with Crippen LogP contribution in [0.3, 0.4) is 0 Å². The van der Waals surface area contributed by atoms with Crippen LogP contribution in [0.2, 0.25) is 0 Å². The molecule has 0 fully saturated rings. The molecule has 1 heterocycles. The van der Waals surface area contributed by atoms with Crippen LogP contribution in [0, 0.1) is 0 Å². The monoisotopic (exact) mass is 265 g/mol. The highest BCUT2D eigenvalue weighted by Crippen LogP contribution is 2.10. The molecule has 0 saturated carbocycles. The molecule has 76 valence electrons. The van der Waals surface area contributed by atoms with Crippen LogP contribution >= 0.6 is 15.9 Å². The second-order valence-electron chi connectivity index (χ2n) is 3.05. The fourth-order valence-electron chi connectivity index (χ4n) is 1.21. The highest BCUT2D eigenvalue weighted by atomic mass is 79.9. The van der Waals surface area contributed by atoms with E-state index in [1.807, 2.05) is 24.3 Å². The average molecular weight is 266 g/mol. The first-order valence-corrected chi connectivity index (χ1v) is 5.10. The van der Waals surface area contributed by atoms with Gasteiger partial charge in [-0.05, 0) is 30.4 Å². The lowest BCUT2D eigenvalue weighted by Gasteiger charge is -1.91. The fraction of sp³-hybridized carbons (Fsp3) is 0. The van der Waals surface area contributed by atoms with Gasteiger partial charge in [0.15, 0.2) is 5.55 Å². The minimum absolute atomic E-state index is 0.267. The van der Waals surface area contributed by atoms with Crippen molar-refractivity contribution in [1.29, 1.82) is 0 Å². The third-order valence-corrected chi connectivity index (χ3v) is 2.42. The Morgan fingerprint density at radius 3 is 2.53 bits per heavy atom. The molecular formula is C11H8BrNO2. The minimum atomic E-state index is -0.400. The normalized spacial score (nSPS) is 11.9. The lowest BCUT2D eigenvalue weighted by molar-refractivity contribution is 0.488. The van der Waals surface area contributed by atoms with E-state index in [-0.39, 0.29) is 5.55 Å². The molecule has 0 bridgehead atoms. The molecule has 0 radical (unpaired) electrons. The Hall–Kier alpha value is -1.55. The van der Waals surface area contributed by atoms with Crippen LogP contribution in [0.4, 0.5) is 0 Å². The van der Waals surface area contributed by atoms with Crippen molar-refractivity contribution in [2.24, 2.45) is 0 Å². The van der Waals surface area contributed by atoms with Crippen molar-refractivity contribution in [3.05, 3.63) is 55.6 Å². The molecule has 0 aliphatic rings. The third kappa shape index (κ3) is 2.27. The highest BCUT2D eigenvalue weighted by molar-refractivity contribution is 9.10. The number of rotatable bonds is 1. The van der Waals surface area contributed by atoms with Crippen molar-refractivity contribution in [1.82, 2.24) is 4.98 Å². The van der Waals surface area contributed by atoms with Gasteiger partial charge < -0.3 is 9.40 Å². The van der Waals surface area contributed by atoms with Gasteiger partial charge >= 0.3 is 5.63 Å². The lowest BCUT2D eigenvalue weighted by atomic mass is 10.2. The topological polar surface area (TPSA) is 46.0 Å². The first-order valence-electron chi connectivity index (χ1n) is 4.30. The van der Waals surface area contributed by atoms with Crippen molar-refractivity contribution >= 4 is 28.6 Å². The van der Waals surface area contributed by atoms with Gasteiger partial charge in [-0.25, -0.2) is 4.79 Å². The number of H-pyrrole nitrogens is 1. The van der Waals surface area contributed by atoms with E-state index in [0.29, 0.717) is 5.35 Å². The number of benzene rings is 1. The molecule has 3 nitrogen and oxygen atoms in total. The number of aromatic amines is 1. The van der Waals surface area contributed by atoms with E-state index >= 15 is 0 Å². The van der Waals surface area contributed by atoms with Gasteiger partial charge in [-0.3, -0.25) is 0 Å². The highest BCUT2D eigenvalue weighted by Gasteiger charge is 1.94. The molecule has 0 unspecified atom stereocenters. The smallest absolute Gasteiger partial charge is 0.361 e. The Morgan fingerprint density at radius 2 is 2.00 bits per heavy atom. The number of nitrogens with one attached hydrogen (secondary N) is 1. The molecule has 0 atom stereocenters. The van der Waals surface area contributed by atoms with E-state index in [9.17, 15) is 4.79 Å². The van der Waals surface area contributed by atoms with E-state index in [1.165, 1.54) is 0 Å². The Morgan fingerprint density at radius 1 is 1.33 bits per heavy atom. The summed E-state index contributed by atoms with van der Waals surface area (Å²) in [6.07, 6.45) is 1.72. The maximum Gasteiger partial charge on any atom is 0.361 e. The molecule has 1 aromatic carbocycles. The van der Waals surface area contributed by atoms with Crippen LogP contribution < -0.4 is 16.5 Å². The largest absolute Gasteiger partial charge is 0.405 e. The Balaban J connectivity index is 2.55. The quantitative estimate of drug-likeness (QED) is 0.836. The summed E-state index contributed by atoms with van der Waals surface area (Å²) in [5.41, 5.74) is 0.790. The van der Waals surface area contributed by atoms with Crippen LogP contribution in [0.25, 0.3) is 12.7 Å². The maximum absolute atomic E-state index is 11.2. The first kappa shape index (κ1) is 9.98. The van der Waals surface area contributed by atoms with E-state index in [4.69, 9.17) is 4.42 Å². The van der Waals surface area contributed by atoms with Crippen LogP contribution in [0.1, 0.15) is 5.56 Å². The van der Waals surface area contributed by atoms with Gasteiger partial charge in [-0.15, -0.1) is 0 Å². The molecule has 15 heavy (non-hydrogen) atoms. The van der Waals surface area contributed by atoms with Crippen molar-refractivity contribution in [3.8, 4) is 0 Å². The molecule has 0 saturated heterocycles. The van der Waals surface area contributed by atoms with E-state index < -0.39 is 5.63 Å². The molecule has 2 aromatic rings. The zero-order chi connectivity index (χ0) is 10.8. The zero-order valence-corrected chi connectivity index (χ0v) is 9.37. The number of hydrogen-bond donors (Lipinski definition) is 1. The van der Waals surface area contributed by atoms with Crippen LogP contribution in [-0.4, -0.2) is 4.98 Å². The van der Waals surface area contributed by atoms with Gasteiger partial charge in [-0.1, -0.05) is 28.1 Å². The Kier molecular flexibility index (Phi) is 2.60. The molecule has 2 rings (SSSR count). The first-order chi connectivity index (χ1) is 7.15. The molecule has 0 aliphatic carbocycles. The van der Waals surface area contributed by atoms with Crippen LogP contribution in [-0.2, 0) is 0 Å². The summed E-state index contributed by atoms with van der Waals surface area (Å²) >= 11 is 3.34. The maximum atomic E-state index is 11.2. The Bertz CT molecular complexity index is 622. The zero-order valence-electron chi connectivity index (χ0n) is 7.79. The van der Waals surface area contributed by atoms with Gasteiger partial charge in [0.05, 0.1) is 0 Å². The molecule has 0 spiro atoms.